The number of phenolic OH excluding ortho intramolecular Hbond substituents is 1. The van der Waals surface area contributed by atoms with E-state index in [4.69, 9.17) is 0 Å². The molecule has 4 rings (SSSR count). The molecule has 0 bridgehead atoms. The molecule has 4 N–H and O–H groups in total. The zero-order valence-electron chi connectivity index (χ0n) is 14.1. The smallest absolute Gasteiger partial charge is 0.224 e. The number of H-pyrrole nitrogens is 1. The van der Waals surface area contributed by atoms with Gasteiger partial charge in [-0.15, -0.1) is 0 Å². The summed E-state index contributed by atoms with van der Waals surface area (Å²) in [5.74, 6) is -0.118. The van der Waals surface area contributed by atoms with E-state index in [0.717, 1.165) is 10.9 Å². The van der Waals surface area contributed by atoms with Crippen molar-refractivity contribution >= 4 is 16.7 Å². The van der Waals surface area contributed by atoms with Crippen LogP contribution in [-0.4, -0.2) is 51.1 Å². The molecular weight excluding hydrogens is 337 g/mol. The third kappa shape index (κ3) is 3.00. The number of rotatable bonds is 3. The normalized spacial score (nSPS) is 20.7. The van der Waals surface area contributed by atoms with Crippen LogP contribution in [0.2, 0.25) is 0 Å². The van der Waals surface area contributed by atoms with Crippen LogP contribution in [0.5, 0.6) is 5.75 Å². The third-order valence-corrected chi connectivity index (χ3v) is 5.01. The molecule has 0 aliphatic carbocycles. The van der Waals surface area contributed by atoms with Gasteiger partial charge >= 0.3 is 0 Å². The SMILES string of the molecule is OC[C@@H]1CCN(c2ccc(-c3cc4cc(O)ccc4[nH]3)c(F)n2)C[C@H]1O. The van der Waals surface area contributed by atoms with Crippen LogP contribution in [0.3, 0.4) is 0 Å². The van der Waals surface area contributed by atoms with Crippen molar-refractivity contribution in [3.8, 4) is 17.0 Å². The number of aromatic hydroxyl groups is 1. The number of nitrogens with zero attached hydrogens (tertiary/aromatic N) is 2. The zero-order chi connectivity index (χ0) is 18.3. The molecule has 3 aromatic rings. The van der Waals surface area contributed by atoms with Crippen molar-refractivity contribution in [2.75, 3.05) is 24.6 Å². The Labute approximate surface area is 149 Å². The Morgan fingerprint density at radius 2 is 2.08 bits per heavy atom. The van der Waals surface area contributed by atoms with Crippen LogP contribution in [0.15, 0.2) is 36.4 Å². The van der Waals surface area contributed by atoms with E-state index in [1.54, 1.807) is 36.4 Å². The molecule has 2 aromatic heterocycles. The van der Waals surface area contributed by atoms with Crippen LogP contribution in [0.1, 0.15) is 6.42 Å². The van der Waals surface area contributed by atoms with Crippen molar-refractivity contribution in [3.63, 3.8) is 0 Å². The Kier molecular flexibility index (Phi) is 4.26. The lowest BCUT2D eigenvalue weighted by Gasteiger charge is -2.35. The van der Waals surface area contributed by atoms with Gasteiger partial charge in [-0.1, -0.05) is 0 Å². The summed E-state index contributed by atoms with van der Waals surface area (Å²) in [4.78, 5) is 9.02. The highest BCUT2D eigenvalue weighted by Gasteiger charge is 2.28. The van der Waals surface area contributed by atoms with Gasteiger partial charge in [-0.3, -0.25) is 0 Å². The van der Waals surface area contributed by atoms with Gasteiger partial charge in [0.15, 0.2) is 0 Å². The molecule has 2 atom stereocenters. The number of fused-ring (bicyclic) bond motifs is 1. The molecule has 0 radical (unpaired) electrons. The fourth-order valence-electron chi connectivity index (χ4n) is 3.47. The fourth-order valence-corrected chi connectivity index (χ4v) is 3.47. The number of halogens is 1. The number of aromatic amines is 1. The minimum atomic E-state index is -0.653. The molecule has 0 unspecified atom stereocenters. The summed E-state index contributed by atoms with van der Waals surface area (Å²) >= 11 is 0. The molecule has 1 aliphatic heterocycles. The second-order valence-corrected chi connectivity index (χ2v) is 6.71. The Hall–Kier alpha value is -2.64. The second kappa shape index (κ2) is 6.59. The predicted octanol–water partition coefficient (Wildman–Crippen LogP) is 2.25. The number of hydrogen-bond acceptors (Lipinski definition) is 5. The van der Waals surface area contributed by atoms with Crippen molar-refractivity contribution in [2.24, 2.45) is 5.92 Å². The summed E-state index contributed by atoms with van der Waals surface area (Å²) in [7, 11) is 0. The molecule has 26 heavy (non-hydrogen) atoms. The number of anilines is 1. The second-order valence-electron chi connectivity index (χ2n) is 6.71. The summed E-state index contributed by atoms with van der Waals surface area (Å²) in [6.45, 7) is 0.883. The summed E-state index contributed by atoms with van der Waals surface area (Å²) in [5.41, 5.74) is 1.73. The average molecular weight is 357 g/mol. The zero-order valence-corrected chi connectivity index (χ0v) is 14.1. The number of nitrogens with one attached hydrogen (secondary N) is 1. The van der Waals surface area contributed by atoms with Crippen LogP contribution in [0, 0.1) is 11.9 Å². The molecular formula is C19H20FN3O3. The Morgan fingerprint density at radius 3 is 2.81 bits per heavy atom. The number of aliphatic hydroxyl groups excluding tert-OH is 2. The van der Waals surface area contributed by atoms with Crippen LogP contribution in [0.4, 0.5) is 10.2 Å². The van der Waals surface area contributed by atoms with Crippen molar-refractivity contribution < 1.29 is 19.7 Å². The Bertz CT molecular complexity index is 943. The molecule has 0 saturated carbocycles. The fraction of sp³-hybridized carbons (Fsp3) is 0.316. The highest BCUT2D eigenvalue weighted by atomic mass is 19.1. The number of piperidine rings is 1. The molecule has 136 valence electrons. The van der Waals surface area contributed by atoms with Gasteiger partial charge in [0.05, 0.1) is 17.4 Å². The van der Waals surface area contributed by atoms with Crippen LogP contribution in [0.25, 0.3) is 22.2 Å². The van der Waals surface area contributed by atoms with Crippen LogP contribution in [-0.2, 0) is 0 Å². The molecule has 7 heteroatoms. The predicted molar refractivity (Wildman–Crippen MR) is 96.6 cm³/mol. The van der Waals surface area contributed by atoms with Crippen molar-refractivity contribution in [1.82, 2.24) is 9.97 Å². The van der Waals surface area contributed by atoms with E-state index in [1.165, 1.54) is 0 Å². The quantitative estimate of drug-likeness (QED) is 0.540. The Morgan fingerprint density at radius 1 is 1.23 bits per heavy atom. The van der Waals surface area contributed by atoms with Gasteiger partial charge < -0.3 is 25.2 Å². The summed E-state index contributed by atoms with van der Waals surface area (Å²) in [6.07, 6.45) is -0.0199. The van der Waals surface area contributed by atoms with E-state index in [1.807, 2.05) is 4.90 Å². The van der Waals surface area contributed by atoms with E-state index in [2.05, 4.69) is 9.97 Å². The lowest BCUT2D eigenvalue weighted by molar-refractivity contribution is 0.0545. The van der Waals surface area contributed by atoms with Gasteiger partial charge in [-0.05, 0) is 42.8 Å². The van der Waals surface area contributed by atoms with Crippen molar-refractivity contribution in [2.45, 2.75) is 12.5 Å². The highest BCUT2D eigenvalue weighted by Crippen LogP contribution is 2.30. The minimum Gasteiger partial charge on any atom is -0.508 e. The van der Waals surface area contributed by atoms with Gasteiger partial charge in [0.2, 0.25) is 5.95 Å². The molecule has 1 aliphatic rings. The van der Waals surface area contributed by atoms with E-state index in [-0.39, 0.29) is 18.3 Å². The maximum Gasteiger partial charge on any atom is 0.224 e. The van der Waals surface area contributed by atoms with Crippen molar-refractivity contribution in [3.05, 3.63) is 42.3 Å². The topological polar surface area (TPSA) is 92.6 Å². The van der Waals surface area contributed by atoms with Gasteiger partial charge in [0.1, 0.15) is 11.6 Å². The Balaban J connectivity index is 1.61. The number of aliphatic hydroxyl groups is 2. The summed E-state index contributed by atoms with van der Waals surface area (Å²) < 4.78 is 14.6. The number of phenols is 1. The summed E-state index contributed by atoms with van der Waals surface area (Å²) in [6, 6.07) is 10.1. The first kappa shape index (κ1) is 16.8. The number of pyridine rings is 1. The average Bonchev–Trinajstić information content (AvgIpc) is 3.04. The third-order valence-electron chi connectivity index (χ3n) is 5.01. The van der Waals surface area contributed by atoms with E-state index < -0.39 is 12.1 Å². The van der Waals surface area contributed by atoms with Gasteiger partial charge in [0.25, 0.3) is 0 Å². The summed E-state index contributed by atoms with van der Waals surface area (Å²) in [5, 5.41) is 29.6. The van der Waals surface area contributed by atoms with E-state index in [9.17, 15) is 19.7 Å². The molecule has 1 aromatic carbocycles. The largest absolute Gasteiger partial charge is 0.508 e. The lowest BCUT2D eigenvalue weighted by atomic mass is 9.95. The molecule has 1 saturated heterocycles. The molecule has 0 spiro atoms. The first-order valence-corrected chi connectivity index (χ1v) is 8.57. The highest BCUT2D eigenvalue weighted by molar-refractivity contribution is 5.87. The van der Waals surface area contributed by atoms with Gasteiger partial charge in [-0.25, -0.2) is 4.98 Å². The number of β-amino-alcohol motifs (C(OH)–C–C–N with tert-alkyl or cyclic N) is 1. The van der Waals surface area contributed by atoms with Crippen LogP contribution >= 0.6 is 0 Å². The number of aromatic nitrogens is 2. The molecule has 3 heterocycles. The van der Waals surface area contributed by atoms with E-state index >= 15 is 0 Å². The maximum absolute atomic E-state index is 14.6. The van der Waals surface area contributed by atoms with Crippen molar-refractivity contribution in [1.29, 1.82) is 0 Å². The van der Waals surface area contributed by atoms with E-state index in [0.29, 0.717) is 36.6 Å². The lowest BCUT2D eigenvalue weighted by Crippen LogP contribution is -2.45. The minimum absolute atomic E-state index is 0.0499. The molecule has 6 nitrogen and oxygen atoms in total. The number of hydrogen-bond donors (Lipinski definition) is 4. The standard InChI is InChI=1S/C19H20FN3O3/c20-19-14(16-8-12-7-13(25)1-3-15(12)21-16)2-4-18(22-19)23-6-5-11(10-24)17(26)9-23/h1-4,7-8,11,17,21,24-26H,5-6,9-10H2/t11-,17+/m0/s1. The molecule has 0 amide bonds. The van der Waals surface area contributed by atoms with Gasteiger partial charge in [0, 0.05) is 36.5 Å². The molecule has 1 fully saturated rings. The monoisotopic (exact) mass is 357 g/mol. The van der Waals surface area contributed by atoms with Crippen LogP contribution < -0.4 is 4.90 Å². The number of benzene rings is 1. The van der Waals surface area contributed by atoms with Gasteiger partial charge in [-0.2, -0.15) is 4.39 Å². The first-order chi connectivity index (χ1) is 12.5. The first-order valence-electron chi connectivity index (χ1n) is 8.57. The maximum atomic E-state index is 14.6.